The lowest BCUT2D eigenvalue weighted by Crippen LogP contribution is -2.47. The third-order valence-corrected chi connectivity index (χ3v) is 7.77. The number of nitrogens with zero attached hydrogens (tertiary/aromatic N) is 2. The summed E-state index contributed by atoms with van der Waals surface area (Å²) in [4.78, 5) is 15.1. The zero-order valence-electron chi connectivity index (χ0n) is 18.7. The third-order valence-electron chi connectivity index (χ3n) is 5.96. The van der Waals surface area contributed by atoms with Gasteiger partial charge in [-0.3, -0.25) is 14.0 Å². The first kappa shape index (κ1) is 22.8. The molecule has 2 aromatic rings. The molecule has 2 heterocycles. The summed E-state index contributed by atoms with van der Waals surface area (Å²) < 4.78 is 34.0. The van der Waals surface area contributed by atoms with Gasteiger partial charge in [-0.1, -0.05) is 24.3 Å². The van der Waals surface area contributed by atoms with Gasteiger partial charge in [0.25, 0.3) is 15.9 Å². The van der Waals surface area contributed by atoms with E-state index in [1.54, 1.807) is 18.2 Å². The van der Waals surface area contributed by atoms with Gasteiger partial charge < -0.3 is 10.1 Å². The zero-order valence-corrected chi connectivity index (χ0v) is 19.5. The summed E-state index contributed by atoms with van der Waals surface area (Å²) >= 11 is 0. The number of para-hydroxylation sites is 1. The Morgan fingerprint density at radius 3 is 2.62 bits per heavy atom. The average molecular weight is 458 g/mol. The zero-order chi connectivity index (χ0) is 22.7. The van der Waals surface area contributed by atoms with Gasteiger partial charge in [0.1, 0.15) is 0 Å². The van der Waals surface area contributed by atoms with Gasteiger partial charge in [0.2, 0.25) is 0 Å². The fourth-order valence-electron chi connectivity index (χ4n) is 4.57. The van der Waals surface area contributed by atoms with Crippen LogP contribution >= 0.6 is 0 Å². The number of nitrogens with one attached hydrogen (secondary N) is 1. The third kappa shape index (κ3) is 4.98. The van der Waals surface area contributed by atoms with Crippen molar-refractivity contribution in [1.29, 1.82) is 0 Å². The molecule has 7 nitrogen and oxygen atoms in total. The van der Waals surface area contributed by atoms with Crippen molar-refractivity contribution in [2.24, 2.45) is 0 Å². The highest BCUT2D eigenvalue weighted by molar-refractivity contribution is 7.92. The summed E-state index contributed by atoms with van der Waals surface area (Å²) in [5.41, 5.74) is 2.10. The number of fused-ring (bicyclic) bond motifs is 1. The van der Waals surface area contributed by atoms with Gasteiger partial charge in [0.05, 0.1) is 22.8 Å². The molecule has 0 aromatic heterocycles. The Kier molecular flexibility index (Phi) is 6.83. The van der Waals surface area contributed by atoms with E-state index in [-0.39, 0.29) is 23.0 Å². The van der Waals surface area contributed by atoms with E-state index in [1.807, 2.05) is 38.1 Å². The number of rotatable bonds is 6. The largest absolute Gasteiger partial charge is 0.373 e. The summed E-state index contributed by atoms with van der Waals surface area (Å²) in [6.07, 6.45) is 1.99. The number of ether oxygens (including phenoxy) is 1. The number of amides is 1. The van der Waals surface area contributed by atoms with E-state index in [0.717, 1.165) is 43.7 Å². The molecule has 8 heteroatoms. The Labute approximate surface area is 190 Å². The lowest BCUT2D eigenvalue weighted by molar-refractivity contribution is -0.0672. The number of hydrogen-bond donors (Lipinski definition) is 1. The first-order valence-corrected chi connectivity index (χ1v) is 12.7. The predicted molar refractivity (Wildman–Crippen MR) is 125 cm³/mol. The van der Waals surface area contributed by atoms with Gasteiger partial charge >= 0.3 is 0 Å². The van der Waals surface area contributed by atoms with Crippen molar-refractivity contribution in [3.8, 4) is 0 Å². The van der Waals surface area contributed by atoms with Gasteiger partial charge in [-0.15, -0.1) is 0 Å². The van der Waals surface area contributed by atoms with Crippen molar-refractivity contribution >= 4 is 21.6 Å². The van der Waals surface area contributed by atoms with E-state index in [2.05, 4.69) is 10.2 Å². The molecule has 2 aromatic carbocycles. The second-order valence-corrected chi connectivity index (χ2v) is 10.5. The second-order valence-electron chi connectivity index (χ2n) is 8.61. The number of sulfonamides is 1. The number of anilines is 1. The van der Waals surface area contributed by atoms with Crippen molar-refractivity contribution in [1.82, 2.24) is 10.2 Å². The van der Waals surface area contributed by atoms with Crippen LogP contribution in [0.3, 0.4) is 0 Å². The number of hydrogen-bond acceptors (Lipinski definition) is 5. The molecular weight excluding hydrogens is 426 g/mol. The molecule has 1 fully saturated rings. The molecule has 2 aliphatic rings. The monoisotopic (exact) mass is 457 g/mol. The lowest BCUT2D eigenvalue weighted by Gasteiger charge is -2.35. The van der Waals surface area contributed by atoms with Crippen LogP contribution in [0.2, 0.25) is 0 Å². The lowest BCUT2D eigenvalue weighted by atomic mass is 10.0. The maximum atomic E-state index is 13.4. The Balaban J connectivity index is 1.43. The van der Waals surface area contributed by atoms with Crippen LogP contribution < -0.4 is 9.62 Å². The van der Waals surface area contributed by atoms with Crippen LogP contribution in [-0.4, -0.2) is 64.2 Å². The molecule has 4 rings (SSSR count). The molecule has 0 saturated carbocycles. The molecule has 0 radical (unpaired) electrons. The molecule has 0 bridgehead atoms. The van der Waals surface area contributed by atoms with E-state index in [0.29, 0.717) is 18.7 Å². The summed E-state index contributed by atoms with van der Waals surface area (Å²) in [6, 6.07) is 13.9. The number of carbonyl (C=O) groups is 1. The van der Waals surface area contributed by atoms with Crippen LogP contribution in [0.1, 0.15) is 36.2 Å². The molecule has 0 spiro atoms. The van der Waals surface area contributed by atoms with Crippen molar-refractivity contribution < 1.29 is 17.9 Å². The molecule has 0 aliphatic carbocycles. The first-order chi connectivity index (χ1) is 15.3. The van der Waals surface area contributed by atoms with Gasteiger partial charge in [-0.25, -0.2) is 8.42 Å². The summed E-state index contributed by atoms with van der Waals surface area (Å²) in [5.74, 6) is -0.268. The van der Waals surface area contributed by atoms with E-state index in [9.17, 15) is 13.2 Å². The van der Waals surface area contributed by atoms with Crippen LogP contribution in [-0.2, 0) is 21.2 Å². The van der Waals surface area contributed by atoms with E-state index >= 15 is 0 Å². The topological polar surface area (TPSA) is 79.0 Å². The summed E-state index contributed by atoms with van der Waals surface area (Å²) in [5, 5.41) is 2.92. The summed E-state index contributed by atoms with van der Waals surface area (Å²) in [6.45, 7) is 7.44. The Morgan fingerprint density at radius 2 is 1.84 bits per heavy atom. The quantitative estimate of drug-likeness (QED) is 0.722. The second kappa shape index (κ2) is 9.60. The smallest absolute Gasteiger partial charge is 0.264 e. The fourth-order valence-corrected chi connectivity index (χ4v) is 6.16. The van der Waals surface area contributed by atoms with Crippen molar-refractivity contribution in [2.75, 3.05) is 37.0 Å². The molecule has 2 atom stereocenters. The highest BCUT2D eigenvalue weighted by Gasteiger charge is 2.29. The number of morpholine rings is 1. The highest BCUT2D eigenvalue weighted by Crippen LogP contribution is 2.31. The van der Waals surface area contributed by atoms with Gasteiger partial charge in [0, 0.05) is 38.3 Å². The van der Waals surface area contributed by atoms with Gasteiger partial charge in [-0.05, 0) is 56.5 Å². The predicted octanol–water partition coefficient (Wildman–Crippen LogP) is 2.67. The number of aryl methyl sites for hydroxylation is 1. The Morgan fingerprint density at radius 1 is 1.09 bits per heavy atom. The van der Waals surface area contributed by atoms with Crippen LogP contribution in [0.5, 0.6) is 0 Å². The standard InChI is InChI=1S/C24H31N3O4S/c1-18-16-26(17-19(2)31-18)14-12-25-24(28)21-8-5-10-22(15-21)32(29,30)27-13-6-9-20-7-3-4-11-23(20)27/h3-5,7-8,10-11,15,18-19H,6,9,12-14,16-17H2,1-2H3,(H,25,28). The molecule has 1 saturated heterocycles. The highest BCUT2D eigenvalue weighted by atomic mass is 32.2. The minimum Gasteiger partial charge on any atom is -0.373 e. The average Bonchev–Trinajstić information content (AvgIpc) is 2.78. The molecule has 1 amide bonds. The van der Waals surface area contributed by atoms with Crippen LogP contribution in [0.4, 0.5) is 5.69 Å². The van der Waals surface area contributed by atoms with Crippen LogP contribution in [0.15, 0.2) is 53.4 Å². The number of benzene rings is 2. The van der Waals surface area contributed by atoms with Crippen molar-refractivity contribution in [2.45, 2.75) is 43.8 Å². The van der Waals surface area contributed by atoms with Crippen molar-refractivity contribution in [3.05, 3.63) is 59.7 Å². The number of carbonyl (C=O) groups excluding carboxylic acids is 1. The Hall–Kier alpha value is -2.42. The van der Waals surface area contributed by atoms with E-state index in [1.165, 1.54) is 10.4 Å². The normalized spacial score (nSPS) is 21.8. The van der Waals surface area contributed by atoms with Crippen LogP contribution in [0.25, 0.3) is 0 Å². The Bertz CT molecular complexity index is 1060. The first-order valence-electron chi connectivity index (χ1n) is 11.2. The minimum absolute atomic E-state index is 0.137. The molecule has 1 N–H and O–H groups in total. The minimum atomic E-state index is -3.75. The molecule has 32 heavy (non-hydrogen) atoms. The van der Waals surface area contributed by atoms with Crippen molar-refractivity contribution in [3.63, 3.8) is 0 Å². The maximum absolute atomic E-state index is 13.4. The molecule has 2 aliphatic heterocycles. The maximum Gasteiger partial charge on any atom is 0.264 e. The van der Waals surface area contributed by atoms with E-state index < -0.39 is 10.0 Å². The van der Waals surface area contributed by atoms with Gasteiger partial charge in [0.15, 0.2) is 0 Å². The molecular formula is C24H31N3O4S. The molecule has 2 unspecified atom stereocenters. The molecule has 172 valence electrons. The fraction of sp³-hybridized carbons (Fsp3) is 0.458. The van der Waals surface area contributed by atoms with E-state index in [4.69, 9.17) is 4.74 Å². The van der Waals surface area contributed by atoms with Gasteiger partial charge in [-0.2, -0.15) is 0 Å². The summed E-state index contributed by atoms with van der Waals surface area (Å²) in [7, 11) is -3.75. The SMILES string of the molecule is CC1CN(CCNC(=O)c2cccc(S(=O)(=O)N3CCCc4ccccc43)c2)CC(C)O1. The van der Waals surface area contributed by atoms with Crippen LogP contribution in [0, 0.1) is 0 Å².